The van der Waals surface area contributed by atoms with Gasteiger partial charge in [0.15, 0.2) is 11.6 Å². The Hall–Kier alpha value is -1.75. The minimum atomic E-state index is 0.611. The van der Waals surface area contributed by atoms with Gasteiger partial charge in [-0.15, -0.1) is 0 Å². The van der Waals surface area contributed by atoms with Crippen molar-refractivity contribution in [2.45, 2.75) is 6.54 Å². The highest BCUT2D eigenvalue weighted by Crippen LogP contribution is 2.08. The van der Waals surface area contributed by atoms with Crippen LogP contribution in [-0.4, -0.2) is 20.2 Å². The van der Waals surface area contributed by atoms with E-state index in [2.05, 4.69) is 25.9 Å². The zero-order valence-corrected chi connectivity index (χ0v) is 7.07. The van der Waals surface area contributed by atoms with Gasteiger partial charge in [-0.1, -0.05) is 6.07 Å². The molecule has 5 nitrogen and oxygen atoms in total. The van der Waals surface area contributed by atoms with Gasteiger partial charge >= 0.3 is 0 Å². The summed E-state index contributed by atoms with van der Waals surface area (Å²) in [6.45, 7) is 0.611. The lowest BCUT2D eigenvalue weighted by Gasteiger charge is -1.89. The van der Waals surface area contributed by atoms with Crippen LogP contribution in [0.25, 0.3) is 11.5 Å². The molecule has 2 aromatic rings. The number of pyridine rings is 1. The van der Waals surface area contributed by atoms with E-state index in [1.54, 1.807) is 6.20 Å². The van der Waals surface area contributed by atoms with Crippen molar-refractivity contribution in [1.82, 2.24) is 20.2 Å². The van der Waals surface area contributed by atoms with Crippen LogP contribution < -0.4 is 5.73 Å². The van der Waals surface area contributed by atoms with Gasteiger partial charge in [0.25, 0.3) is 0 Å². The summed E-state index contributed by atoms with van der Waals surface area (Å²) in [4.78, 5) is 8.34. The molecule has 0 fully saturated rings. The van der Waals surface area contributed by atoms with E-state index < -0.39 is 0 Å². The molecule has 0 atom stereocenters. The van der Waals surface area contributed by atoms with Crippen LogP contribution in [0.3, 0.4) is 0 Å². The molecule has 0 saturated heterocycles. The van der Waals surface area contributed by atoms with E-state index in [1.807, 2.05) is 18.2 Å². The van der Waals surface area contributed by atoms with E-state index in [4.69, 9.17) is 0 Å². The Morgan fingerprint density at radius 2 is 2.31 bits per heavy atom. The highest BCUT2D eigenvalue weighted by Gasteiger charge is 2.05. The number of rotatable bonds is 2. The maximum atomic E-state index is 4.21. The number of quaternary nitrogens is 1. The maximum Gasteiger partial charge on any atom is 0.199 e. The van der Waals surface area contributed by atoms with E-state index in [9.17, 15) is 0 Å². The number of nitrogens with one attached hydrogen (secondary N) is 1. The summed E-state index contributed by atoms with van der Waals surface area (Å²) in [6.07, 6.45) is 1.72. The van der Waals surface area contributed by atoms with Crippen molar-refractivity contribution in [2.75, 3.05) is 0 Å². The second-order valence-electron chi connectivity index (χ2n) is 2.57. The second-order valence-corrected chi connectivity index (χ2v) is 2.57. The fraction of sp³-hybridized carbons (Fsp3) is 0.125. The van der Waals surface area contributed by atoms with E-state index in [0.717, 1.165) is 11.5 Å². The lowest BCUT2D eigenvalue weighted by Crippen LogP contribution is -2.48. The summed E-state index contributed by atoms with van der Waals surface area (Å²) in [7, 11) is 0. The van der Waals surface area contributed by atoms with Crippen molar-refractivity contribution < 1.29 is 5.73 Å². The molecule has 0 aliphatic heterocycles. The predicted molar refractivity (Wildman–Crippen MR) is 46.2 cm³/mol. The average Bonchev–Trinajstić information content (AvgIpc) is 2.67. The number of hydrogen-bond acceptors (Lipinski definition) is 3. The summed E-state index contributed by atoms with van der Waals surface area (Å²) in [6, 6.07) is 5.64. The molecule has 2 rings (SSSR count). The third-order valence-corrected chi connectivity index (χ3v) is 1.66. The smallest absolute Gasteiger partial charge is 0.199 e. The summed E-state index contributed by atoms with van der Waals surface area (Å²) < 4.78 is 0. The number of H-pyrrole nitrogens is 1. The van der Waals surface area contributed by atoms with Crippen molar-refractivity contribution in [3.8, 4) is 11.5 Å². The molecule has 13 heavy (non-hydrogen) atoms. The molecule has 0 unspecified atom stereocenters. The molecule has 0 aliphatic carbocycles. The SMILES string of the molecule is [NH3+]Cc1nc(-c2ccccn2)n[nH]1. The van der Waals surface area contributed by atoms with Gasteiger partial charge in [0.1, 0.15) is 12.2 Å². The molecule has 66 valence electrons. The predicted octanol–water partition coefficient (Wildman–Crippen LogP) is -0.391. The molecule has 0 amide bonds. The first-order valence-electron chi connectivity index (χ1n) is 4.02. The number of aromatic nitrogens is 4. The zero-order chi connectivity index (χ0) is 9.10. The van der Waals surface area contributed by atoms with Crippen LogP contribution in [0.5, 0.6) is 0 Å². The molecule has 0 aromatic carbocycles. The van der Waals surface area contributed by atoms with Gasteiger partial charge < -0.3 is 5.73 Å². The van der Waals surface area contributed by atoms with Gasteiger partial charge in [0, 0.05) is 6.20 Å². The Morgan fingerprint density at radius 3 is 2.92 bits per heavy atom. The van der Waals surface area contributed by atoms with E-state index in [-0.39, 0.29) is 0 Å². The summed E-state index contributed by atoms with van der Waals surface area (Å²) in [5, 5.41) is 6.81. The first-order chi connectivity index (χ1) is 6.40. The lowest BCUT2D eigenvalue weighted by molar-refractivity contribution is -0.388. The normalized spacial score (nSPS) is 10.2. The molecule has 0 spiro atoms. The van der Waals surface area contributed by atoms with Crippen LogP contribution in [0.15, 0.2) is 24.4 Å². The summed E-state index contributed by atoms with van der Waals surface area (Å²) in [5.74, 6) is 1.40. The lowest BCUT2D eigenvalue weighted by atomic mass is 10.3. The summed E-state index contributed by atoms with van der Waals surface area (Å²) >= 11 is 0. The minimum Gasteiger partial charge on any atom is -0.351 e. The fourth-order valence-electron chi connectivity index (χ4n) is 1.02. The first kappa shape index (κ1) is 7.88. The van der Waals surface area contributed by atoms with Crippen LogP contribution in [0.2, 0.25) is 0 Å². The average molecular weight is 176 g/mol. The minimum absolute atomic E-state index is 0.611. The largest absolute Gasteiger partial charge is 0.351 e. The van der Waals surface area contributed by atoms with Crippen LogP contribution in [0.4, 0.5) is 0 Å². The topological polar surface area (TPSA) is 82.1 Å². The van der Waals surface area contributed by atoms with Crippen LogP contribution in [0, 0.1) is 0 Å². The quantitative estimate of drug-likeness (QED) is 0.653. The van der Waals surface area contributed by atoms with E-state index in [1.165, 1.54) is 0 Å². The molecular weight excluding hydrogens is 166 g/mol. The standard InChI is InChI=1S/C8H9N5/c9-5-7-11-8(13-12-7)6-3-1-2-4-10-6/h1-4H,5,9H2,(H,11,12,13)/p+1. The van der Waals surface area contributed by atoms with Gasteiger partial charge in [-0.05, 0) is 12.1 Å². The van der Waals surface area contributed by atoms with Gasteiger partial charge in [0.2, 0.25) is 0 Å². The van der Waals surface area contributed by atoms with Crippen LogP contribution in [-0.2, 0) is 6.54 Å². The molecule has 0 bridgehead atoms. The summed E-state index contributed by atoms with van der Waals surface area (Å²) in [5.41, 5.74) is 4.49. The van der Waals surface area contributed by atoms with E-state index in [0.29, 0.717) is 12.4 Å². The zero-order valence-electron chi connectivity index (χ0n) is 7.07. The van der Waals surface area contributed by atoms with Gasteiger partial charge in [-0.25, -0.2) is 4.98 Å². The molecule has 0 radical (unpaired) electrons. The van der Waals surface area contributed by atoms with Crippen molar-refractivity contribution in [1.29, 1.82) is 0 Å². The molecule has 2 heterocycles. The van der Waals surface area contributed by atoms with Gasteiger partial charge in [-0.3, -0.25) is 10.1 Å². The van der Waals surface area contributed by atoms with Crippen molar-refractivity contribution in [2.24, 2.45) is 0 Å². The Kier molecular flexibility index (Phi) is 2.01. The van der Waals surface area contributed by atoms with Gasteiger partial charge in [0.05, 0.1) is 0 Å². The maximum absolute atomic E-state index is 4.21. The van der Waals surface area contributed by atoms with Gasteiger partial charge in [-0.2, -0.15) is 5.10 Å². The number of nitrogens with zero attached hydrogens (tertiary/aromatic N) is 3. The highest BCUT2D eigenvalue weighted by atomic mass is 15.2. The van der Waals surface area contributed by atoms with Crippen LogP contribution >= 0.6 is 0 Å². The Balaban J connectivity index is 2.36. The van der Waals surface area contributed by atoms with Crippen LogP contribution in [0.1, 0.15) is 5.82 Å². The Bertz CT molecular complexity index is 380. The molecule has 0 saturated carbocycles. The third kappa shape index (κ3) is 1.54. The molecule has 0 aliphatic rings. The van der Waals surface area contributed by atoms with Crippen molar-refractivity contribution in [3.63, 3.8) is 0 Å². The highest BCUT2D eigenvalue weighted by molar-refractivity contribution is 5.47. The van der Waals surface area contributed by atoms with Crippen molar-refractivity contribution in [3.05, 3.63) is 30.2 Å². The first-order valence-corrected chi connectivity index (χ1v) is 4.02. The molecule has 5 heteroatoms. The molecule has 2 aromatic heterocycles. The Morgan fingerprint density at radius 1 is 1.38 bits per heavy atom. The Labute approximate surface area is 75.0 Å². The fourth-order valence-corrected chi connectivity index (χ4v) is 1.02. The second kappa shape index (κ2) is 3.32. The van der Waals surface area contributed by atoms with Crippen molar-refractivity contribution >= 4 is 0 Å². The van der Waals surface area contributed by atoms with E-state index >= 15 is 0 Å². The third-order valence-electron chi connectivity index (χ3n) is 1.66. The molecule has 4 N–H and O–H groups in total. The number of aromatic amines is 1. The monoisotopic (exact) mass is 176 g/mol. The molecular formula is C8H10N5+. The number of hydrogen-bond donors (Lipinski definition) is 2.